The van der Waals surface area contributed by atoms with Crippen molar-refractivity contribution in [3.8, 4) is 5.75 Å². The summed E-state index contributed by atoms with van der Waals surface area (Å²) >= 11 is 0. The normalized spacial score (nSPS) is 17.1. The smallest absolute Gasteiger partial charge is 0.317 e. The minimum Gasteiger partial charge on any atom is -0.484 e. The predicted octanol–water partition coefficient (Wildman–Crippen LogP) is 2.31. The molecule has 1 fully saturated rings. The summed E-state index contributed by atoms with van der Waals surface area (Å²) in [6.07, 6.45) is 0.801. The van der Waals surface area contributed by atoms with Crippen molar-refractivity contribution in [1.82, 2.24) is 20.4 Å². The van der Waals surface area contributed by atoms with Gasteiger partial charge in [-0.15, -0.1) is 0 Å². The number of rotatable bonds is 5. The van der Waals surface area contributed by atoms with E-state index < -0.39 is 0 Å². The lowest BCUT2D eigenvalue weighted by molar-refractivity contribution is 0.208. The Morgan fingerprint density at radius 2 is 2.25 bits per heavy atom. The van der Waals surface area contributed by atoms with E-state index in [0.29, 0.717) is 37.1 Å². The number of likely N-dealkylation sites (tertiary alicyclic amines) is 1. The van der Waals surface area contributed by atoms with Gasteiger partial charge >= 0.3 is 6.03 Å². The summed E-state index contributed by atoms with van der Waals surface area (Å²) in [5.74, 6) is 1.21. The van der Waals surface area contributed by atoms with Gasteiger partial charge in [0.15, 0.2) is 12.4 Å². The molecule has 1 unspecified atom stereocenters. The van der Waals surface area contributed by atoms with E-state index in [1.165, 1.54) is 24.3 Å². The number of halogens is 1. The third kappa shape index (κ3) is 3.81. The van der Waals surface area contributed by atoms with Crippen LogP contribution in [0, 0.1) is 5.82 Å². The zero-order valence-corrected chi connectivity index (χ0v) is 13.4. The van der Waals surface area contributed by atoms with Gasteiger partial charge in [-0.1, -0.05) is 5.16 Å². The molecule has 0 radical (unpaired) electrons. The number of nitrogens with one attached hydrogen (secondary N) is 1. The lowest BCUT2D eigenvalue weighted by Gasteiger charge is -2.15. The first-order valence-corrected chi connectivity index (χ1v) is 7.89. The second-order valence-corrected chi connectivity index (χ2v) is 5.56. The Kier molecular flexibility index (Phi) is 4.93. The van der Waals surface area contributed by atoms with E-state index in [9.17, 15) is 9.18 Å². The van der Waals surface area contributed by atoms with Gasteiger partial charge in [0.2, 0.25) is 0 Å². The van der Waals surface area contributed by atoms with Gasteiger partial charge in [0.1, 0.15) is 11.6 Å². The highest BCUT2D eigenvalue weighted by atomic mass is 19.1. The monoisotopic (exact) mass is 334 g/mol. The third-order valence-electron chi connectivity index (χ3n) is 3.83. The molecule has 1 aliphatic rings. The first kappa shape index (κ1) is 16.2. The first-order valence-electron chi connectivity index (χ1n) is 7.89. The molecule has 8 heteroatoms. The van der Waals surface area contributed by atoms with E-state index in [-0.39, 0.29) is 24.4 Å². The molecule has 1 aromatic heterocycles. The first-order chi connectivity index (χ1) is 11.7. The topological polar surface area (TPSA) is 80.5 Å². The Morgan fingerprint density at radius 3 is 3.00 bits per heavy atom. The molecule has 1 aliphatic heterocycles. The van der Waals surface area contributed by atoms with Crippen LogP contribution in [0.15, 0.2) is 28.8 Å². The van der Waals surface area contributed by atoms with Crippen molar-refractivity contribution in [3.63, 3.8) is 0 Å². The molecular formula is C16H19FN4O3. The second-order valence-electron chi connectivity index (χ2n) is 5.56. The van der Waals surface area contributed by atoms with Gasteiger partial charge in [-0.2, -0.15) is 4.98 Å². The maximum absolute atomic E-state index is 12.8. The maximum Gasteiger partial charge on any atom is 0.317 e. The largest absolute Gasteiger partial charge is 0.484 e. The molecule has 128 valence electrons. The average Bonchev–Trinajstić information content (AvgIpc) is 3.24. The summed E-state index contributed by atoms with van der Waals surface area (Å²) in [7, 11) is 0. The minimum atomic E-state index is -0.319. The Bertz CT molecular complexity index is 689. The number of benzene rings is 1. The summed E-state index contributed by atoms with van der Waals surface area (Å²) in [5, 5.41) is 6.76. The van der Waals surface area contributed by atoms with Crippen molar-refractivity contribution in [2.24, 2.45) is 0 Å². The Labute approximate surface area is 138 Å². The van der Waals surface area contributed by atoms with Crippen LogP contribution in [0.1, 0.15) is 31.0 Å². The molecule has 2 heterocycles. The summed E-state index contributed by atoms with van der Waals surface area (Å²) in [6.45, 7) is 3.85. The van der Waals surface area contributed by atoms with Crippen LogP contribution >= 0.6 is 0 Å². The quantitative estimate of drug-likeness (QED) is 0.907. The number of carbonyl (C=O) groups excluding carboxylic acids is 1. The zero-order chi connectivity index (χ0) is 16.9. The molecule has 0 aliphatic carbocycles. The third-order valence-corrected chi connectivity index (χ3v) is 3.83. The van der Waals surface area contributed by atoms with Crippen LogP contribution in [-0.2, 0) is 6.61 Å². The molecule has 1 atom stereocenters. The van der Waals surface area contributed by atoms with E-state index in [0.717, 1.165) is 6.42 Å². The summed E-state index contributed by atoms with van der Waals surface area (Å²) in [6, 6.07) is 5.65. The van der Waals surface area contributed by atoms with Gasteiger partial charge in [-0.05, 0) is 37.6 Å². The van der Waals surface area contributed by atoms with Crippen LogP contribution in [0.3, 0.4) is 0 Å². The van der Waals surface area contributed by atoms with E-state index >= 15 is 0 Å². The molecule has 1 N–H and O–H groups in total. The van der Waals surface area contributed by atoms with Crippen molar-refractivity contribution in [2.45, 2.75) is 25.9 Å². The van der Waals surface area contributed by atoms with Crippen LogP contribution in [0.4, 0.5) is 9.18 Å². The van der Waals surface area contributed by atoms with Gasteiger partial charge in [0.25, 0.3) is 5.89 Å². The fourth-order valence-electron chi connectivity index (χ4n) is 2.59. The van der Waals surface area contributed by atoms with Crippen LogP contribution in [-0.4, -0.2) is 40.7 Å². The van der Waals surface area contributed by atoms with Gasteiger partial charge < -0.3 is 19.5 Å². The summed E-state index contributed by atoms with van der Waals surface area (Å²) < 4.78 is 23.5. The van der Waals surface area contributed by atoms with Gasteiger partial charge in [-0.25, -0.2) is 9.18 Å². The highest BCUT2D eigenvalue weighted by Crippen LogP contribution is 2.25. The lowest BCUT2D eigenvalue weighted by atomic mass is 10.1. The summed E-state index contributed by atoms with van der Waals surface area (Å²) in [4.78, 5) is 17.9. The van der Waals surface area contributed by atoms with Crippen molar-refractivity contribution in [2.75, 3.05) is 19.6 Å². The molecule has 0 bridgehead atoms. The van der Waals surface area contributed by atoms with Crippen molar-refractivity contribution in [1.29, 1.82) is 0 Å². The minimum absolute atomic E-state index is 0.0657. The number of nitrogens with zero attached hydrogens (tertiary/aromatic N) is 3. The molecule has 24 heavy (non-hydrogen) atoms. The van der Waals surface area contributed by atoms with Gasteiger partial charge in [-0.3, -0.25) is 0 Å². The number of hydrogen-bond donors (Lipinski definition) is 1. The van der Waals surface area contributed by atoms with E-state index in [2.05, 4.69) is 15.5 Å². The molecule has 2 amide bonds. The second kappa shape index (κ2) is 7.29. The average molecular weight is 334 g/mol. The highest BCUT2D eigenvalue weighted by Gasteiger charge is 2.30. The molecule has 1 aromatic carbocycles. The molecule has 2 aromatic rings. The molecule has 0 spiro atoms. The fraction of sp³-hybridized carbons (Fsp3) is 0.438. The van der Waals surface area contributed by atoms with Crippen molar-refractivity contribution >= 4 is 6.03 Å². The van der Waals surface area contributed by atoms with E-state index in [4.69, 9.17) is 9.26 Å². The number of carbonyl (C=O) groups is 1. The van der Waals surface area contributed by atoms with Crippen molar-refractivity contribution in [3.05, 3.63) is 41.8 Å². The van der Waals surface area contributed by atoms with Gasteiger partial charge in [0.05, 0.1) is 0 Å². The molecular weight excluding hydrogens is 315 g/mol. The number of amides is 2. The van der Waals surface area contributed by atoms with Crippen LogP contribution in [0.5, 0.6) is 5.75 Å². The standard InChI is InChI=1S/C16H19FN4O3/c1-2-18-16(22)21-8-7-11(9-21)15-19-14(24-20-15)10-23-13-5-3-12(17)4-6-13/h3-6,11H,2,7-10H2,1H3,(H,18,22). The Balaban J connectivity index is 1.54. The lowest BCUT2D eigenvalue weighted by Crippen LogP contribution is -2.38. The maximum atomic E-state index is 12.8. The SMILES string of the molecule is CCNC(=O)N1CCC(c2noc(COc3ccc(F)cc3)n2)C1. The molecule has 0 saturated carbocycles. The fourth-order valence-corrected chi connectivity index (χ4v) is 2.59. The van der Waals surface area contributed by atoms with Crippen LogP contribution < -0.4 is 10.1 Å². The van der Waals surface area contributed by atoms with E-state index in [1.807, 2.05) is 6.92 Å². The summed E-state index contributed by atoms with van der Waals surface area (Å²) in [5.41, 5.74) is 0. The highest BCUT2D eigenvalue weighted by molar-refractivity contribution is 5.74. The van der Waals surface area contributed by atoms with Crippen LogP contribution in [0.2, 0.25) is 0 Å². The molecule has 3 rings (SSSR count). The van der Waals surface area contributed by atoms with Gasteiger partial charge in [0, 0.05) is 25.6 Å². The zero-order valence-electron chi connectivity index (χ0n) is 13.4. The number of ether oxygens (including phenoxy) is 1. The van der Waals surface area contributed by atoms with Crippen LogP contribution in [0.25, 0.3) is 0 Å². The Hall–Kier alpha value is -2.64. The molecule has 1 saturated heterocycles. The van der Waals surface area contributed by atoms with Crippen molar-refractivity contribution < 1.29 is 18.4 Å². The number of aromatic nitrogens is 2. The number of hydrogen-bond acceptors (Lipinski definition) is 5. The van der Waals surface area contributed by atoms with E-state index in [1.54, 1.807) is 4.90 Å². The molecule has 7 nitrogen and oxygen atoms in total. The number of urea groups is 1. The predicted molar refractivity (Wildman–Crippen MR) is 83.0 cm³/mol. The Morgan fingerprint density at radius 1 is 1.46 bits per heavy atom.